The molecule has 1 aromatic carbocycles. The molecule has 0 fully saturated rings. The normalized spacial score (nSPS) is 11.7. The lowest BCUT2D eigenvalue weighted by Crippen LogP contribution is -2.07. The maximum atomic E-state index is 11.8. The fourth-order valence-electron chi connectivity index (χ4n) is 0.857. The fourth-order valence-corrected chi connectivity index (χ4v) is 1.48. The highest BCUT2D eigenvalue weighted by Gasteiger charge is 2.18. The third-order valence-corrected chi connectivity index (χ3v) is 2.24. The Bertz CT molecular complexity index is 415. The first kappa shape index (κ1) is 10.9. The molecule has 78 valence electrons. The van der Waals surface area contributed by atoms with Crippen LogP contribution in [0.2, 0.25) is 0 Å². The van der Waals surface area contributed by atoms with E-state index in [1.54, 1.807) is 0 Å². The minimum Gasteiger partial charge on any atom is -0.433 e. The molecular weight excluding hydrogens is 218 g/mol. The second-order valence-electron chi connectivity index (χ2n) is 2.30. The van der Waals surface area contributed by atoms with E-state index in [-0.39, 0.29) is 0 Å². The molecule has 0 aliphatic carbocycles. The minimum absolute atomic E-state index is 0.579. The summed E-state index contributed by atoms with van der Waals surface area (Å²) in [6.45, 7) is -3.14. The molecule has 14 heavy (non-hydrogen) atoms. The third-order valence-electron chi connectivity index (χ3n) is 1.34. The van der Waals surface area contributed by atoms with Gasteiger partial charge < -0.3 is 4.74 Å². The second kappa shape index (κ2) is 3.89. The predicted molar refractivity (Wildman–Crippen MR) is 42.9 cm³/mol. The number of para-hydroxylation sites is 1. The van der Waals surface area contributed by atoms with Crippen LogP contribution < -0.4 is 4.74 Å². The van der Waals surface area contributed by atoms with Gasteiger partial charge in [-0.05, 0) is 12.1 Å². The van der Waals surface area contributed by atoms with Crippen molar-refractivity contribution in [2.45, 2.75) is 11.5 Å². The molecule has 0 radical (unpaired) electrons. The first-order chi connectivity index (χ1) is 6.41. The molecule has 0 heterocycles. The number of rotatable bonds is 3. The molecule has 0 saturated carbocycles. The van der Waals surface area contributed by atoms with Gasteiger partial charge in [0.05, 0.1) is 0 Å². The SMILES string of the molecule is O=S(=O)(O)c1ccccc1OC(F)F. The van der Waals surface area contributed by atoms with Gasteiger partial charge in [0, 0.05) is 0 Å². The van der Waals surface area contributed by atoms with Crippen LogP contribution in [-0.2, 0) is 10.1 Å². The highest BCUT2D eigenvalue weighted by Crippen LogP contribution is 2.24. The van der Waals surface area contributed by atoms with Crippen molar-refractivity contribution in [1.29, 1.82) is 0 Å². The molecule has 0 unspecified atom stereocenters. The molecule has 1 aromatic rings. The van der Waals surface area contributed by atoms with E-state index in [1.165, 1.54) is 12.1 Å². The lowest BCUT2D eigenvalue weighted by molar-refractivity contribution is -0.0518. The van der Waals surface area contributed by atoms with Gasteiger partial charge in [-0.2, -0.15) is 17.2 Å². The predicted octanol–water partition coefficient (Wildman–Crippen LogP) is 1.53. The topological polar surface area (TPSA) is 63.6 Å². The van der Waals surface area contributed by atoms with Crippen LogP contribution in [0.3, 0.4) is 0 Å². The number of halogens is 2. The van der Waals surface area contributed by atoms with Crippen molar-refractivity contribution in [1.82, 2.24) is 0 Å². The zero-order valence-electron chi connectivity index (χ0n) is 6.72. The van der Waals surface area contributed by atoms with Gasteiger partial charge in [0.2, 0.25) is 0 Å². The van der Waals surface area contributed by atoms with Crippen LogP contribution in [0.25, 0.3) is 0 Å². The Balaban J connectivity index is 3.17. The van der Waals surface area contributed by atoms with Gasteiger partial charge in [-0.15, -0.1) is 0 Å². The summed E-state index contributed by atoms with van der Waals surface area (Å²) in [5.41, 5.74) is 0. The molecule has 7 heteroatoms. The monoisotopic (exact) mass is 224 g/mol. The van der Waals surface area contributed by atoms with E-state index in [2.05, 4.69) is 4.74 Å². The van der Waals surface area contributed by atoms with E-state index in [1.807, 2.05) is 0 Å². The standard InChI is InChI=1S/C7H6F2O4S/c8-7(9)13-5-3-1-2-4-6(5)14(10,11)12/h1-4,7H,(H,10,11,12). The third kappa shape index (κ3) is 2.64. The van der Waals surface area contributed by atoms with Crippen LogP contribution in [0.5, 0.6) is 5.75 Å². The maximum absolute atomic E-state index is 11.8. The average molecular weight is 224 g/mol. The average Bonchev–Trinajstić information content (AvgIpc) is 2.01. The zero-order valence-corrected chi connectivity index (χ0v) is 7.54. The molecule has 0 bridgehead atoms. The van der Waals surface area contributed by atoms with Gasteiger partial charge in [0.1, 0.15) is 10.6 Å². The summed E-state index contributed by atoms with van der Waals surface area (Å²) in [4.78, 5) is -0.680. The smallest absolute Gasteiger partial charge is 0.387 e. The Labute approximate surface area is 78.9 Å². The van der Waals surface area contributed by atoms with Crippen LogP contribution in [-0.4, -0.2) is 19.6 Å². The Morgan fingerprint density at radius 3 is 2.36 bits per heavy atom. The van der Waals surface area contributed by atoms with Crippen LogP contribution in [0.1, 0.15) is 0 Å². The number of benzene rings is 1. The summed E-state index contributed by atoms with van der Waals surface area (Å²) in [5, 5.41) is 0. The summed E-state index contributed by atoms with van der Waals surface area (Å²) in [6.07, 6.45) is 0. The molecule has 0 saturated heterocycles. The van der Waals surface area contributed by atoms with Crippen molar-refractivity contribution < 1.29 is 26.5 Å². The fraction of sp³-hybridized carbons (Fsp3) is 0.143. The van der Waals surface area contributed by atoms with E-state index in [9.17, 15) is 17.2 Å². The lowest BCUT2D eigenvalue weighted by atomic mass is 10.3. The van der Waals surface area contributed by atoms with Crippen LogP contribution >= 0.6 is 0 Å². The minimum atomic E-state index is -4.54. The summed E-state index contributed by atoms with van der Waals surface area (Å²) >= 11 is 0. The highest BCUT2D eigenvalue weighted by atomic mass is 32.2. The molecule has 0 aliphatic heterocycles. The molecule has 0 aliphatic rings. The van der Waals surface area contributed by atoms with Gasteiger partial charge in [-0.3, -0.25) is 4.55 Å². The van der Waals surface area contributed by atoms with Gasteiger partial charge in [0.15, 0.2) is 0 Å². The van der Waals surface area contributed by atoms with E-state index in [4.69, 9.17) is 4.55 Å². The first-order valence-electron chi connectivity index (χ1n) is 3.42. The van der Waals surface area contributed by atoms with Crippen LogP contribution in [0.15, 0.2) is 29.2 Å². The Morgan fingerprint density at radius 1 is 1.29 bits per heavy atom. The zero-order chi connectivity index (χ0) is 10.8. The molecular formula is C7H6F2O4S. The van der Waals surface area contributed by atoms with Crippen molar-refractivity contribution in [3.05, 3.63) is 24.3 Å². The quantitative estimate of drug-likeness (QED) is 0.791. The molecule has 0 aromatic heterocycles. The van der Waals surface area contributed by atoms with Crippen molar-refractivity contribution in [3.63, 3.8) is 0 Å². The van der Waals surface area contributed by atoms with Crippen molar-refractivity contribution >= 4 is 10.1 Å². The molecule has 0 amide bonds. The summed E-state index contributed by atoms with van der Waals surface area (Å²) in [6, 6.07) is 4.58. The number of alkyl halides is 2. The first-order valence-corrected chi connectivity index (χ1v) is 4.86. The van der Waals surface area contributed by atoms with Gasteiger partial charge in [-0.1, -0.05) is 12.1 Å². The van der Waals surface area contributed by atoms with Crippen molar-refractivity contribution in [2.75, 3.05) is 0 Å². The summed E-state index contributed by atoms with van der Waals surface area (Å²) in [7, 11) is -4.54. The molecule has 1 N–H and O–H groups in total. The second-order valence-corrected chi connectivity index (χ2v) is 3.69. The summed E-state index contributed by atoms with van der Waals surface area (Å²) < 4.78 is 57.4. The molecule has 0 spiro atoms. The van der Waals surface area contributed by atoms with Crippen LogP contribution in [0.4, 0.5) is 8.78 Å². The van der Waals surface area contributed by atoms with E-state index < -0.39 is 27.4 Å². The maximum Gasteiger partial charge on any atom is 0.387 e. The van der Waals surface area contributed by atoms with E-state index >= 15 is 0 Å². The molecule has 4 nitrogen and oxygen atoms in total. The molecule has 0 atom stereocenters. The Kier molecular flexibility index (Phi) is 3.02. The van der Waals surface area contributed by atoms with Crippen molar-refractivity contribution in [3.8, 4) is 5.75 Å². The van der Waals surface area contributed by atoms with Crippen molar-refractivity contribution in [2.24, 2.45) is 0 Å². The number of hydrogen-bond acceptors (Lipinski definition) is 3. The van der Waals surface area contributed by atoms with E-state index in [0.717, 1.165) is 12.1 Å². The van der Waals surface area contributed by atoms with Gasteiger partial charge >= 0.3 is 6.61 Å². The highest BCUT2D eigenvalue weighted by molar-refractivity contribution is 7.86. The lowest BCUT2D eigenvalue weighted by Gasteiger charge is -2.07. The summed E-state index contributed by atoms with van der Waals surface area (Å²) in [5.74, 6) is -0.579. The molecule has 1 rings (SSSR count). The Morgan fingerprint density at radius 2 is 1.86 bits per heavy atom. The Hall–Kier alpha value is -1.21. The number of hydrogen-bond donors (Lipinski definition) is 1. The van der Waals surface area contributed by atoms with Crippen LogP contribution in [0, 0.1) is 0 Å². The van der Waals surface area contributed by atoms with Gasteiger partial charge in [0.25, 0.3) is 10.1 Å². The van der Waals surface area contributed by atoms with E-state index in [0.29, 0.717) is 0 Å². The number of ether oxygens (including phenoxy) is 1. The largest absolute Gasteiger partial charge is 0.433 e. The van der Waals surface area contributed by atoms with Gasteiger partial charge in [-0.25, -0.2) is 0 Å².